The van der Waals surface area contributed by atoms with Gasteiger partial charge < -0.3 is 9.47 Å². The van der Waals surface area contributed by atoms with Gasteiger partial charge in [0, 0.05) is 23.2 Å². The van der Waals surface area contributed by atoms with E-state index in [1.165, 1.54) is 12.1 Å². The van der Waals surface area contributed by atoms with E-state index in [0.29, 0.717) is 11.6 Å². The standard InChI is InChI=1S/C20H23Cl2NO4S/c1-26-15-6-8-19(27-2)16(13-15)18-4-3-9-23(18)10-11-28(24,25)20-12-14(21)5-7-17(20)22/h5-8,12-13,18H,3-4,9-11H2,1-2H3/t18-/m1/s1. The molecule has 0 amide bonds. The Labute approximate surface area is 176 Å². The third-order valence-electron chi connectivity index (χ3n) is 5.04. The van der Waals surface area contributed by atoms with Crippen molar-refractivity contribution in [1.29, 1.82) is 0 Å². The summed E-state index contributed by atoms with van der Waals surface area (Å²) in [7, 11) is -0.290. The molecule has 0 aliphatic carbocycles. The maximum atomic E-state index is 12.8. The van der Waals surface area contributed by atoms with Gasteiger partial charge in [-0.2, -0.15) is 0 Å². The number of ether oxygens (including phenoxy) is 2. The van der Waals surface area contributed by atoms with Crippen molar-refractivity contribution >= 4 is 33.0 Å². The van der Waals surface area contributed by atoms with Gasteiger partial charge in [0.25, 0.3) is 0 Å². The summed E-state index contributed by atoms with van der Waals surface area (Å²) in [6, 6.07) is 10.3. The van der Waals surface area contributed by atoms with E-state index < -0.39 is 9.84 Å². The first kappa shape index (κ1) is 21.2. The maximum Gasteiger partial charge on any atom is 0.181 e. The van der Waals surface area contributed by atoms with E-state index in [4.69, 9.17) is 32.7 Å². The predicted octanol–water partition coefficient (Wildman–Crippen LogP) is 4.62. The molecule has 0 aromatic heterocycles. The summed E-state index contributed by atoms with van der Waals surface area (Å²) in [6.45, 7) is 1.22. The third kappa shape index (κ3) is 4.57. The van der Waals surface area contributed by atoms with Gasteiger partial charge in [-0.3, -0.25) is 4.90 Å². The number of methoxy groups -OCH3 is 2. The second kappa shape index (κ2) is 8.91. The number of hydrogen-bond acceptors (Lipinski definition) is 5. The van der Waals surface area contributed by atoms with Gasteiger partial charge in [-0.15, -0.1) is 0 Å². The number of nitrogens with zero attached hydrogens (tertiary/aromatic N) is 1. The number of rotatable bonds is 7. The fourth-order valence-corrected chi connectivity index (χ4v) is 5.68. The Morgan fingerprint density at radius 3 is 2.61 bits per heavy atom. The molecule has 1 fully saturated rings. The van der Waals surface area contributed by atoms with Gasteiger partial charge in [-0.1, -0.05) is 23.2 Å². The van der Waals surface area contributed by atoms with Crippen LogP contribution < -0.4 is 9.47 Å². The molecule has 0 radical (unpaired) electrons. The lowest BCUT2D eigenvalue weighted by Crippen LogP contribution is -2.29. The van der Waals surface area contributed by atoms with Crippen molar-refractivity contribution in [3.05, 3.63) is 52.0 Å². The molecule has 1 saturated heterocycles. The first-order valence-electron chi connectivity index (χ1n) is 8.99. The van der Waals surface area contributed by atoms with Crippen LogP contribution in [0.25, 0.3) is 0 Å². The van der Waals surface area contributed by atoms with Crippen molar-refractivity contribution in [2.24, 2.45) is 0 Å². The van der Waals surface area contributed by atoms with Crippen LogP contribution in [0.5, 0.6) is 11.5 Å². The molecular formula is C20H23Cl2NO4S. The highest BCUT2D eigenvalue weighted by molar-refractivity contribution is 7.91. The van der Waals surface area contributed by atoms with Gasteiger partial charge in [-0.05, 0) is 55.8 Å². The van der Waals surface area contributed by atoms with Crippen molar-refractivity contribution in [2.45, 2.75) is 23.8 Å². The molecule has 1 atom stereocenters. The minimum atomic E-state index is -3.55. The zero-order valence-electron chi connectivity index (χ0n) is 15.8. The SMILES string of the molecule is COc1ccc(OC)c([C@H]2CCCN2CCS(=O)(=O)c2cc(Cl)ccc2Cl)c1. The number of likely N-dealkylation sites (tertiary alicyclic amines) is 1. The Kier molecular flexibility index (Phi) is 6.76. The summed E-state index contributed by atoms with van der Waals surface area (Å²) in [6.07, 6.45) is 1.92. The van der Waals surface area contributed by atoms with Crippen LogP contribution in [-0.2, 0) is 9.84 Å². The van der Waals surface area contributed by atoms with Gasteiger partial charge in [0.15, 0.2) is 9.84 Å². The van der Waals surface area contributed by atoms with Crippen LogP contribution >= 0.6 is 23.2 Å². The fourth-order valence-electron chi connectivity index (χ4n) is 3.61. The highest BCUT2D eigenvalue weighted by Gasteiger charge is 2.30. The molecule has 0 unspecified atom stereocenters. The minimum absolute atomic E-state index is 0.0319. The van der Waals surface area contributed by atoms with Crippen LogP contribution in [0.4, 0.5) is 0 Å². The first-order valence-corrected chi connectivity index (χ1v) is 11.4. The summed E-state index contributed by atoms with van der Waals surface area (Å²) >= 11 is 12.0. The average Bonchev–Trinajstić information content (AvgIpc) is 3.16. The molecule has 1 heterocycles. The maximum absolute atomic E-state index is 12.8. The number of sulfone groups is 1. The molecule has 152 valence electrons. The number of benzene rings is 2. The normalized spacial score (nSPS) is 17.6. The Balaban J connectivity index is 1.80. The van der Waals surface area contributed by atoms with Gasteiger partial charge >= 0.3 is 0 Å². The third-order valence-corrected chi connectivity index (χ3v) is 7.44. The molecule has 8 heteroatoms. The van der Waals surface area contributed by atoms with Crippen molar-refractivity contribution < 1.29 is 17.9 Å². The van der Waals surface area contributed by atoms with Crippen LogP contribution in [0, 0.1) is 0 Å². The fraction of sp³-hybridized carbons (Fsp3) is 0.400. The van der Waals surface area contributed by atoms with E-state index in [0.717, 1.165) is 36.4 Å². The van der Waals surface area contributed by atoms with Gasteiger partial charge in [0.1, 0.15) is 11.5 Å². The highest BCUT2D eigenvalue weighted by atomic mass is 35.5. The zero-order chi connectivity index (χ0) is 20.3. The zero-order valence-corrected chi connectivity index (χ0v) is 18.1. The summed E-state index contributed by atoms with van der Waals surface area (Å²) in [5.41, 5.74) is 1.01. The summed E-state index contributed by atoms with van der Waals surface area (Å²) in [5.74, 6) is 1.50. The second-order valence-corrected chi connectivity index (χ2v) is 9.62. The Hall–Kier alpha value is -1.47. The average molecular weight is 444 g/mol. The molecule has 0 N–H and O–H groups in total. The molecular weight excluding hydrogens is 421 g/mol. The van der Waals surface area contributed by atoms with Crippen LogP contribution in [0.15, 0.2) is 41.3 Å². The molecule has 1 aliphatic rings. The van der Waals surface area contributed by atoms with E-state index in [1.54, 1.807) is 20.3 Å². The van der Waals surface area contributed by atoms with Crippen molar-refractivity contribution in [3.8, 4) is 11.5 Å². The lowest BCUT2D eigenvalue weighted by Gasteiger charge is -2.26. The Bertz CT molecular complexity index is 949. The topological polar surface area (TPSA) is 55.8 Å². The molecule has 0 spiro atoms. The number of halogens is 2. The van der Waals surface area contributed by atoms with Crippen LogP contribution in [0.1, 0.15) is 24.4 Å². The minimum Gasteiger partial charge on any atom is -0.497 e. The largest absolute Gasteiger partial charge is 0.497 e. The molecule has 2 aromatic carbocycles. The van der Waals surface area contributed by atoms with Crippen molar-refractivity contribution in [2.75, 3.05) is 33.1 Å². The monoisotopic (exact) mass is 443 g/mol. The second-order valence-electron chi connectivity index (χ2n) is 6.70. The molecule has 2 aromatic rings. The van der Waals surface area contributed by atoms with E-state index >= 15 is 0 Å². The summed E-state index contributed by atoms with van der Waals surface area (Å²) in [5, 5.41) is 0.542. The van der Waals surface area contributed by atoms with E-state index in [-0.39, 0.29) is 21.7 Å². The first-order chi connectivity index (χ1) is 13.4. The van der Waals surface area contributed by atoms with Crippen LogP contribution in [0.3, 0.4) is 0 Å². The van der Waals surface area contributed by atoms with Crippen molar-refractivity contribution in [3.63, 3.8) is 0 Å². The molecule has 1 aliphatic heterocycles. The molecule has 28 heavy (non-hydrogen) atoms. The van der Waals surface area contributed by atoms with Crippen LogP contribution in [-0.4, -0.2) is 46.4 Å². The molecule has 5 nitrogen and oxygen atoms in total. The molecule has 3 rings (SSSR count). The lowest BCUT2D eigenvalue weighted by atomic mass is 10.0. The van der Waals surface area contributed by atoms with Gasteiger partial charge in [-0.25, -0.2) is 8.42 Å². The number of hydrogen-bond donors (Lipinski definition) is 0. The van der Waals surface area contributed by atoms with E-state index in [9.17, 15) is 8.42 Å². The smallest absolute Gasteiger partial charge is 0.181 e. The van der Waals surface area contributed by atoms with Gasteiger partial charge in [0.05, 0.1) is 29.9 Å². The predicted molar refractivity (Wildman–Crippen MR) is 112 cm³/mol. The Morgan fingerprint density at radius 2 is 1.89 bits per heavy atom. The molecule has 0 saturated carbocycles. The van der Waals surface area contributed by atoms with E-state index in [2.05, 4.69) is 4.90 Å². The quantitative estimate of drug-likeness (QED) is 0.624. The van der Waals surface area contributed by atoms with Gasteiger partial charge in [0.2, 0.25) is 0 Å². The van der Waals surface area contributed by atoms with Crippen LogP contribution in [0.2, 0.25) is 10.0 Å². The van der Waals surface area contributed by atoms with E-state index in [1.807, 2.05) is 18.2 Å². The summed E-state index contributed by atoms with van der Waals surface area (Å²) < 4.78 is 36.5. The highest BCUT2D eigenvalue weighted by Crippen LogP contribution is 2.39. The Morgan fingerprint density at radius 1 is 1.11 bits per heavy atom. The summed E-state index contributed by atoms with van der Waals surface area (Å²) in [4.78, 5) is 2.25. The molecule has 0 bridgehead atoms. The lowest BCUT2D eigenvalue weighted by molar-refractivity contribution is 0.264. The van der Waals surface area contributed by atoms with Crippen molar-refractivity contribution in [1.82, 2.24) is 4.90 Å².